The summed E-state index contributed by atoms with van der Waals surface area (Å²) in [6.45, 7) is 6.01. The van der Waals surface area contributed by atoms with E-state index in [1.54, 1.807) is 0 Å². The van der Waals surface area contributed by atoms with Gasteiger partial charge in [-0.3, -0.25) is 15.0 Å². The molecule has 0 atom stereocenters. The molecule has 1 saturated heterocycles. The molecule has 3 N–H and O–H groups in total. The van der Waals surface area contributed by atoms with E-state index in [-0.39, 0.29) is 12.3 Å². The molecule has 0 aromatic rings. The molecule has 0 aromatic carbocycles. The van der Waals surface area contributed by atoms with E-state index in [1.165, 1.54) is 0 Å². The fourth-order valence-electron chi connectivity index (χ4n) is 1.74. The molecule has 7 heteroatoms. The lowest BCUT2D eigenvalue weighted by Crippen LogP contribution is -2.41. The number of carbonyl (C=O) groups excluding carboxylic acids is 2. The number of rotatable bonds is 6. The van der Waals surface area contributed by atoms with Crippen LogP contribution in [0, 0.1) is 0 Å². The Morgan fingerprint density at radius 1 is 1.33 bits per heavy atom. The molecule has 0 saturated carbocycles. The van der Waals surface area contributed by atoms with Crippen LogP contribution < -0.4 is 11.1 Å². The van der Waals surface area contributed by atoms with E-state index in [0.717, 1.165) is 39.4 Å². The normalized spacial score (nSPS) is 16.8. The summed E-state index contributed by atoms with van der Waals surface area (Å²) in [5.74, 6) is -0.333. The molecule has 0 aromatic heterocycles. The van der Waals surface area contributed by atoms with Crippen molar-refractivity contribution in [2.24, 2.45) is 5.73 Å². The number of nitrogens with zero attached hydrogens (tertiary/aromatic N) is 2. The van der Waals surface area contributed by atoms with Crippen LogP contribution in [0.1, 0.15) is 6.42 Å². The second kappa shape index (κ2) is 8.02. The monoisotopic (exact) mass is 258 g/mol. The van der Waals surface area contributed by atoms with Crippen LogP contribution in [-0.2, 0) is 9.53 Å². The summed E-state index contributed by atoms with van der Waals surface area (Å²) in [5, 5.41) is 2.05. The Morgan fingerprint density at radius 2 is 2.00 bits per heavy atom. The van der Waals surface area contributed by atoms with Gasteiger partial charge in [-0.25, -0.2) is 4.79 Å². The van der Waals surface area contributed by atoms with Crippen LogP contribution in [0.15, 0.2) is 0 Å². The van der Waals surface area contributed by atoms with Gasteiger partial charge < -0.3 is 15.4 Å². The Morgan fingerprint density at radius 3 is 2.61 bits per heavy atom. The number of hydrogen-bond donors (Lipinski definition) is 2. The summed E-state index contributed by atoms with van der Waals surface area (Å²) in [6, 6.07) is -0.795. The number of urea groups is 1. The standard InChI is InChI=1S/C11H22N4O3/c1-14(3-2-10(16)13-11(12)17)4-5-15-6-8-18-9-7-15/h2-9H2,1H3,(H3,12,13,16,17). The molecule has 1 aliphatic heterocycles. The first-order valence-corrected chi connectivity index (χ1v) is 6.16. The average molecular weight is 258 g/mol. The number of morpholine rings is 1. The van der Waals surface area contributed by atoms with Gasteiger partial charge in [0.25, 0.3) is 0 Å². The number of carbonyl (C=O) groups is 2. The third-order valence-corrected chi connectivity index (χ3v) is 2.88. The number of likely N-dealkylation sites (N-methyl/N-ethyl adjacent to an activating group) is 1. The Hall–Kier alpha value is -1.18. The van der Waals surface area contributed by atoms with E-state index >= 15 is 0 Å². The van der Waals surface area contributed by atoms with Crippen LogP contribution in [0.5, 0.6) is 0 Å². The molecule has 104 valence electrons. The van der Waals surface area contributed by atoms with Crippen molar-refractivity contribution in [3.63, 3.8) is 0 Å². The topological polar surface area (TPSA) is 87.9 Å². The molecule has 1 heterocycles. The van der Waals surface area contributed by atoms with E-state index in [4.69, 9.17) is 10.5 Å². The minimum absolute atomic E-state index is 0.280. The fraction of sp³-hybridized carbons (Fsp3) is 0.818. The predicted molar refractivity (Wildman–Crippen MR) is 67.1 cm³/mol. The summed E-state index contributed by atoms with van der Waals surface area (Å²) in [6.07, 6.45) is 0.280. The van der Waals surface area contributed by atoms with Crippen molar-refractivity contribution in [3.05, 3.63) is 0 Å². The third-order valence-electron chi connectivity index (χ3n) is 2.88. The summed E-state index contributed by atoms with van der Waals surface area (Å²) >= 11 is 0. The lowest BCUT2D eigenvalue weighted by atomic mass is 10.3. The van der Waals surface area contributed by atoms with Crippen molar-refractivity contribution in [2.45, 2.75) is 6.42 Å². The van der Waals surface area contributed by atoms with Crippen molar-refractivity contribution in [3.8, 4) is 0 Å². The summed E-state index contributed by atoms with van der Waals surface area (Å²) < 4.78 is 5.27. The first-order valence-electron chi connectivity index (χ1n) is 6.16. The van der Waals surface area contributed by atoms with Crippen LogP contribution in [0.2, 0.25) is 0 Å². The van der Waals surface area contributed by atoms with Crippen molar-refractivity contribution in [2.75, 3.05) is 53.0 Å². The second-order valence-corrected chi connectivity index (χ2v) is 4.42. The minimum atomic E-state index is -0.795. The maximum Gasteiger partial charge on any atom is 0.318 e. The highest BCUT2D eigenvalue weighted by atomic mass is 16.5. The average Bonchev–Trinajstić information content (AvgIpc) is 2.34. The number of primary amides is 1. The quantitative estimate of drug-likeness (QED) is 0.627. The molecule has 0 unspecified atom stereocenters. The van der Waals surface area contributed by atoms with Gasteiger partial charge in [0.15, 0.2) is 0 Å². The molecule has 1 fully saturated rings. The van der Waals surface area contributed by atoms with Crippen LogP contribution in [-0.4, -0.2) is 74.7 Å². The Bertz CT molecular complexity index is 279. The van der Waals surface area contributed by atoms with E-state index < -0.39 is 6.03 Å². The Balaban J connectivity index is 2.07. The molecular formula is C11H22N4O3. The molecular weight excluding hydrogens is 236 g/mol. The van der Waals surface area contributed by atoms with Crippen molar-refractivity contribution in [1.82, 2.24) is 15.1 Å². The molecule has 3 amide bonds. The lowest BCUT2D eigenvalue weighted by molar-refractivity contribution is -0.120. The summed E-state index contributed by atoms with van der Waals surface area (Å²) in [7, 11) is 1.96. The van der Waals surface area contributed by atoms with Gasteiger partial charge in [0.2, 0.25) is 5.91 Å². The predicted octanol–water partition coefficient (Wildman–Crippen LogP) is -1.16. The largest absolute Gasteiger partial charge is 0.379 e. The SMILES string of the molecule is CN(CCC(=O)NC(N)=O)CCN1CCOCC1. The van der Waals surface area contributed by atoms with Crippen molar-refractivity contribution < 1.29 is 14.3 Å². The Kier molecular flexibility index (Phi) is 6.63. The molecule has 0 spiro atoms. The van der Waals surface area contributed by atoms with Crippen LogP contribution in [0.25, 0.3) is 0 Å². The van der Waals surface area contributed by atoms with Gasteiger partial charge >= 0.3 is 6.03 Å². The fourth-order valence-corrected chi connectivity index (χ4v) is 1.74. The molecule has 7 nitrogen and oxygen atoms in total. The number of hydrogen-bond acceptors (Lipinski definition) is 5. The highest BCUT2D eigenvalue weighted by molar-refractivity contribution is 5.93. The van der Waals surface area contributed by atoms with Crippen LogP contribution >= 0.6 is 0 Å². The van der Waals surface area contributed by atoms with Crippen molar-refractivity contribution >= 4 is 11.9 Å². The lowest BCUT2D eigenvalue weighted by Gasteiger charge is -2.28. The minimum Gasteiger partial charge on any atom is -0.379 e. The zero-order chi connectivity index (χ0) is 13.4. The zero-order valence-electron chi connectivity index (χ0n) is 10.9. The maximum absolute atomic E-state index is 11.2. The highest BCUT2D eigenvalue weighted by Gasteiger charge is 2.11. The van der Waals surface area contributed by atoms with Gasteiger partial charge in [-0.15, -0.1) is 0 Å². The molecule has 18 heavy (non-hydrogen) atoms. The number of nitrogens with one attached hydrogen (secondary N) is 1. The number of nitrogens with two attached hydrogens (primary N) is 1. The summed E-state index contributed by atoms with van der Waals surface area (Å²) in [4.78, 5) is 26.0. The molecule has 0 bridgehead atoms. The number of amides is 3. The zero-order valence-corrected chi connectivity index (χ0v) is 10.9. The van der Waals surface area contributed by atoms with E-state index in [9.17, 15) is 9.59 Å². The highest BCUT2D eigenvalue weighted by Crippen LogP contribution is 1.97. The first kappa shape index (κ1) is 14.9. The third kappa shape index (κ3) is 6.53. The van der Waals surface area contributed by atoms with Gasteiger partial charge in [-0.2, -0.15) is 0 Å². The molecule has 1 aliphatic rings. The van der Waals surface area contributed by atoms with Gasteiger partial charge in [0.1, 0.15) is 0 Å². The maximum atomic E-state index is 11.2. The van der Waals surface area contributed by atoms with E-state index in [0.29, 0.717) is 6.54 Å². The molecule has 0 radical (unpaired) electrons. The van der Waals surface area contributed by atoms with Crippen LogP contribution in [0.4, 0.5) is 4.79 Å². The van der Waals surface area contributed by atoms with Crippen molar-refractivity contribution in [1.29, 1.82) is 0 Å². The Labute approximate surface area is 107 Å². The number of ether oxygens (including phenoxy) is 1. The molecule has 0 aliphatic carbocycles. The second-order valence-electron chi connectivity index (χ2n) is 4.42. The van der Waals surface area contributed by atoms with Crippen LogP contribution in [0.3, 0.4) is 0 Å². The van der Waals surface area contributed by atoms with Gasteiger partial charge in [-0.05, 0) is 7.05 Å². The summed E-state index contributed by atoms with van der Waals surface area (Å²) in [5.41, 5.74) is 4.85. The first-order chi connectivity index (χ1) is 8.58. The number of imide groups is 1. The van der Waals surface area contributed by atoms with Gasteiger partial charge in [0, 0.05) is 39.1 Å². The molecule has 1 rings (SSSR count). The van der Waals surface area contributed by atoms with Gasteiger partial charge in [-0.1, -0.05) is 0 Å². The van der Waals surface area contributed by atoms with Gasteiger partial charge in [0.05, 0.1) is 13.2 Å². The smallest absolute Gasteiger partial charge is 0.318 e. The van der Waals surface area contributed by atoms with E-state index in [2.05, 4.69) is 9.80 Å². The van der Waals surface area contributed by atoms with E-state index in [1.807, 2.05) is 12.4 Å².